The summed E-state index contributed by atoms with van der Waals surface area (Å²) in [5.41, 5.74) is 11.1. The smallest absolute Gasteiger partial charge is 0.164 e. The summed E-state index contributed by atoms with van der Waals surface area (Å²) in [6.45, 7) is 0. The molecule has 0 atom stereocenters. The molecule has 5 heteroatoms. The molecule has 0 bridgehead atoms. The van der Waals surface area contributed by atoms with Crippen molar-refractivity contribution in [2.45, 2.75) is 5.41 Å². The largest absolute Gasteiger partial charge is 0.457 e. The minimum absolute atomic E-state index is 0.581. The number of para-hydroxylation sites is 2. The van der Waals surface area contributed by atoms with Crippen molar-refractivity contribution in [3.8, 4) is 68.0 Å². The van der Waals surface area contributed by atoms with Gasteiger partial charge in [-0.05, 0) is 58.7 Å². The van der Waals surface area contributed by atoms with Gasteiger partial charge in [-0.3, -0.25) is 4.98 Å². The van der Waals surface area contributed by atoms with Crippen LogP contribution in [0.3, 0.4) is 0 Å². The molecule has 1 aliphatic carbocycles. The lowest BCUT2D eigenvalue weighted by Gasteiger charge is -2.39. The Morgan fingerprint density at radius 3 is 1.66 bits per heavy atom. The van der Waals surface area contributed by atoms with Gasteiger partial charge in [-0.15, -0.1) is 0 Å². The van der Waals surface area contributed by atoms with Crippen molar-refractivity contribution < 1.29 is 4.74 Å². The van der Waals surface area contributed by atoms with E-state index in [9.17, 15) is 0 Å². The van der Waals surface area contributed by atoms with Crippen molar-refractivity contribution in [3.05, 3.63) is 192 Å². The Morgan fingerprint density at radius 2 is 0.940 bits per heavy atom. The normalized spacial score (nSPS) is 13.1. The SMILES string of the molecule is c1ccc(-c2nc(-c3cccc(-c4ccccn4)c3)nc(-c3ccc4c(c3)C3(c5ccccc5Oc5ccccc53)c3ccccc3-4)n2)cc1. The van der Waals surface area contributed by atoms with Crippen molar-refractivity contribution in [2.24, 2.45) is 0 Å². The summed E-state index contributed by atoms with van der Waals surface area (Å²) >= 11 is 0. The molecule has 0 unspecified atom stereocenters. The van der Waals surface area contributed by atoms with Crippen LogP contribution in [0.1, 0.15) is 22.3 Å². The highest BCUT2D eigenvalue weighted by Gasteiger charge is 2.51. The van der Waals surface area contributed by atoms with Crippen LogP contribution in [-0.4, -0.2) is 19.9 Å². The Bertz CT molecular complexity index is 2540. The second-order valence-electron chi connectivity index (χ2n) is 12.6. The van der Waals surface area contributed by atoms with Gasteiger partial charge in [0.1, 0.15) is 11.5 Å². The molecule has 3 heterocycles. The lowest BCUT2D eigenvalue weighted by molar-refractivity contribution is 0.436. The number of fused-ring (bicyclic) bond motifs is 9. The first-order chi connectivity index (χ1) is 24.8. The van der Waals surface area contributed by atoms with E-state index in [0.717, 1.165) is 50.6 Å². The first-order valence-electron chi connectivity index (χ1n) is 16.7. The first kappa shape index (κ1) is 28.3. The van der Waals surface area contributed by atoms with E-state index in [4.69, 9.17) is 19.7 Å². The lowest BCUT2D eigenvalue weighted by Crippen LogP contribution is -2.32. The van der Waals surface area contributed by atoms with Crippen LogP contribution < -0.4 is 4.74 Å². The van der Waals surface area contributed by atoms with E-state index >= 15 is 0 Å². The Balaban J connectivity index is 1.21. The number of nitrogens with zero attached hydrogens (tertiary/aromatic N) is 4. The van der Waals surface area contributed by atoms with Gasteiger partial charge in [-0.1, -0.05) is 127 Å². The molecule has 5 nitrogen and oxygen atoms in total. The average molecular weight is 641 g/mol. The molecule has 2 aromatic heterocycles. The minimum atomic E-state index is -0.581. The van der Waals surface area contributed by atoms with Crippen molar-refractivity contribution in [1.29, 1.82) is 0 Å². The summed E-state index contributed by atoms with van der Waals surface area (Å²) in [6, 6.07) is 56.5. The van der Waals surface area contributed by atoms with E-state index in [0.29, 0.717) is 17.5 Å². The molecule has 0 amide bonds. The number of benzene rings is 6. The van der Waals surface area contributed by atoms with Gasteiger partial charge in [0.05, 0.1) is 11.1 Å². The van der Waals surface area contributed by atoms with Crippen LogP contribution in [0.15, 0.2) is 170 Å². The van der Waals surface area contributed by atoms with E-state index in [2.05, 4.69) is 96.0 Å². The van der Waals surface area contributed by atoms with Gasteiger partial charge >= 0.3 is 0 Å². The molecule has 10 rings (SSSR count). The highest BCUT2D eigenvalue weighted by Crippen LogP contribution is 2.62. The summed E-state index contributed by atoms with van der Waals surface area (Å²) in [6.07, 6.45) is 1.81. The number of aromatic nitrogens is 4. The molecule has 1 aliphatic heterocycles. The third-order valence-corrected chi connectivity index (χ3v) is 9.85. The fraction of sp³-hybridized carbons (Fsp3) is 0.0222. The predicted molar refractivity (Wildman–Crippen MR) is 197 cm³/mol. The second-order valence-corrected chi connectivity index (χ2v) is 12.6. The van der Waals surface area contributed by atoms with Gasteiger partial charge in [0.2, 0.25) is 0 Å². The average Bonchev–Trinajstić information content (AvgIpc) is 3.48. The van der Waals surface area contributed by atoms with Gasteiger partial charge < -0.3 is 4.74 Å². The lowest BCUT2D eigenvalue weighted by atomic mass is 9.66. The zero-order valence-corrected chi connectivity index (χ0v) is 26.9. The molecule has 8 aromatic rings. The van der Waals surface area contributed by atoms with E-state index in [1.807, 2.05) is 79.0 Å². The highest BCUT2D eigenvalue weighted by molar-refractivity contribution is 5.90. The Kier molecular flexibility index (Phi) is 6.33. The fourth-order valence-corrected chi connectivity index (χ4v) is 7.69. The summed E-state index contributed by atoms with van der Waals surface area (Å²) in [5.74, 6) is 3.56. The summed E-state index contributed by atoms with van der Waals surface area (Å²) in [5, 5.41) is 0. The van der Waals surface area contributed by atoms with Crippen LogP contribution in [0.2, 0.25) is 0 Å². The molecule has 0 fully saturated rings. The molecule has 0 saturated carbocycles. The minimum Gasteiger partial charge on any atom is -0.457 e. The maximum Gasteiger partial charge on any atom is 0.164 e. The Labute approximate surface area is 289 Å². The van der Waals surface area contributed by atoms with Crippen LogP contribution in [0.4, 0.5) is 0 Å². The van der Waals surface area contributed by atoms with Crippen LogP contribution in [0, 0.1) is 0 Å². The molecule has 2 aliphatic rings. The third-order valence-electron chi connectivity index (χ3n) is 9.85. The molecular formula is C45H28N4O. The van der Waals surface area contributed by atoms with E-state index < -0.39 is 5.41 Å². The monoisotopic (exact) mass is 640 g/mol. The third kappa shape index (κ3) is 4.27. The van der Waals surface area contributed by atoms with Gasteiger partial charge in [-0.25, -0.2) is 15.0 Å². The maximum absolute atomic E-state index is 6.54. The zero-order valence-electron chi connectivity index (χ0n) is 26.9. The van der Waals surface area contributed by atoms with Crippen molar-refractivity contribution in [3.63, 3.8) is 0 Å². The number of pyridine rings is 1. The number of hydrogen-bond acceptors (Lipinski definition) is 5. The zero-order chi connectivity index (χ0) is 33.1. The fourth-order valence-electron chi connectivity index (χ4n) is 7.69. The summed E-state index contributed by atoms with van der Waals surface area (Å²) in [7, 11) is 0. The standard InChI is InChI=1S/C45H28N4O/c1-2-13-29(14-3-1)42-47-43(31-16-12-15-30(27-31)39-21-10-11-26-46-39)49-44(48-42)32-24-25-34-33-17-4-5-18-35(33)45(38(34)28-32)36-19-6-8-22-40(36)50-41-23-9-7-20-37(41)45/h1-28H. The summed E-state index contributed by atoms with van der Waals surface area (Å²) < 4.78 is 6.54. The number of ether oxygens (including phenoxy) is 1. The van der Waals surface area contributed by atoms with Crippen LogP contribution in [0.5, 0.6) is 11.5 Å². The van der Waals surface area contributed by atoms with Gasteiger partial charge in [0.25, 0.3) is 0 Å². The molecule has 6 aromatic carbocycles. The van der Waals surface area contributed by atoms with Gasteiger partial charge in [-0.2, -0.15) is 0 Å². The van der Waals surface area contributed by atoms with Crippen molar-refractivity contribution >= 4 is 0 Å². The van der Waals surface area contributed by atoms with Crippen LogP contribution in [-0.2, 0) is 5.41 Å². The molecule has 234 valence electrons. The predicted octanol–water partition coefficient (Wildman–Crippen LogP) is 10.4. The van der Waals surface area contributed by atoms with Gasteiger partial charge in [0, 0.05) is 39.6 Å². The molecule has 50 heavy (non-hydrogen) atoms. The highest BCUT2D eigenvalue weighted by atomic mass is 16.5. The van der Waals surface area contributed by atoms with Crippen LogP contribution in [0.25, 0.3) is 56.5 Å². The van der Waals surface area contributed by atoms with Crippen LogP contribution >= 0.6 is 0 Å². The van der Waals surface area contributed by atoms with E-state index in [1.54, 1.807) is 0 Å². The van der Waals surface area contributed by atoms with Crippen molar-refractivity contribution in [2.75, 3.05) is 0 Å². The quantitative estimate of drug-likeness (QED) is 0.192. The summed E-state index contributed by atoms with van der Waals surface area (Å²) in [4.78, 5) is 19.9. The molecule has 0 N–H and O–H groups in total. The topological polar surface area (TPSA) is 60.8 Å². The second kappa shape index (κ2) is 11.2. The molecular weight excluding hydrogens is 613 g/mol. The van der Waals surface area contributed by atoms with Gasteiger partial charge in [0.15, 0.2) is 17.5 Å². The molecule has 0 saturated heterocycles. The molecule has 0 radical (unpaired) electrons. The molecule has 1 spiro atoms. The number of hydrogen-bond donors (Lipinski definition) is 0. The maximum atomic E-state index is 6.54. The van der Waals surface area contributed by atoms with E-state index in [1.165, 1.54) is 22.3 Å². The first-order valence-corrected chi connectivity index (χ1v) is 16.7. The Morgan fingerprint density at radius 1 is 0.380 bits per heavy atom. The number of rotatable bonds is 4. The van der Waals surface area contributed by atoms with E-state index in [-0.39, 0.29) is 0 Å². The Hall–Kier alpha value is -6.72. The van der Waals surface area contributed by atoms with Crippen molar-refractivity contribution in [1.82, 2.24) is 19.9 Å².